The maximum Gasteiger partial charge on any atom is 0.221 e. The van der Waals surface area contributed by atoms with Gasteiger partial charge in [0.2, 0.25) is 5.91 Å². The Labute approximate surface area is 120 Å². The van der Waals surface area contributed by atoms with Gasteiger partial charge < -0.3 is 15.4 Å². The van der Waals surface area contributed by atoms with Crippen molar-refractivity contribution in [1.82, 2.24) is 10.6 Å². The highest BCUT2D eigenvalue weighted by Crippen LogP contribution is 2.32. The second-order valence-corrected chi connectivity index (χ2v) is 5.70. The lowest BCUT2D eigenvalue weighted by molar-refractivity contribution is -0.121. The van der Waals surface area contributed by atoms with Crippen LogP contribution in [0.4, 0.5) is 0 Å². The van der Waals surface area contributed by atoms with Crippen LogP contribution in [0.25, 0.3) is 0 Å². The fourth-order valence-electron chi connectivity index (χ4n) is 2.28. The molecule has 20 heavy (non-hydrogen) atoms. The van der Waals surface area contributed by atoms with Gasteiger partial charge >= 0.3 is 0 Å². The Morgan fingerprint density at radius 2 is 2.20 bits per heavy atom. The van der Waals surface area contributed by atoms with E-state index in [9.17, 15) is 4.79 Å². The summed E-state index contributed by atoms with van der Waals surface area (Å²) in [6.07, 6.45) is 0.530. The van der Waals surface area contributed by atoms with Crippen molar-refractivity contribution >= 4 is 5.91 Å². The van der Waals surface area contributed by atoms with Crippen LogP contribution in [0.15, 0.2) is 24.3 Å². The number of carbonyl (C=O) groups excluding carboxylic acids is 1. The van der Waals surface area contributed by atoms with Gasteiger partial charge in [0, 0.05) is 37.5 Å². The quantitative estimate of drug-likeness (QED) is 0.748. The lowest BCUT2D eigenvalue weighted by Gasteiger charge is -2.11. The molecule has 0 saturated carbocycles. The summed E-state index contributed by atoms with van der Waals surface area (Å²) in [6.45, 7) is 7.23. The zero-order chi connectivity index (χ0) is 14.4. The summed E-state index contributed by atoms with van der Waals surface area (Å²) in [6, 6.07) is 8.16. The van der Waals surface area contributed by atoms with Crippen molar-refractivity contribution in [2.24, 2.45) is 5.92 Å². The van der Waals surface area contributed by atoms with Crippen LogP contribution in [0, 0.1) is 5.92 Å². The Morgan fingerprint density at radius 1 is 1.40 bits per heavy atom. The summed E-state index contributed by atoms with van der Waals surface area (Å²) >= 11 is 0. The Kier molecular flexibility index (Phi) is 5.41. The summed E-state index contributed by atoms with van der Waals surface area (Å²) in [4.78, 5) is 11.6. The van der Waals surface area contributed by atoms with Crippen LogP contribution in [0.2, 0.25) is 0 Å². The van der Waals surface area contributed by atoms with Crippen LogP contribution in [0.5, 0.6) is 5.75 Å². The zero-order valence-corrected chi connectivity index (χ0v) is 12.3. The van der Waals surface area contributed by atoms with Crippen LogP contribution >= 0.6 is 0 Å². The molecule has 1 unspecified atom stereocenters. The van der Waals surface area contributed by atoms with Gasteiger partial charge in [-0.2, -0.15) is 0 Å². The van der Waals surface area contributed by atoms with E-state index in [1.54, 1.807) is 0 Å². The molecule has 1 aliphatic heterocycles. The third-order valence-corrected chi connectivity index (χ3v) is 3.43. The molecule has 1 amide bonds. The van der Waals surface area contributed by atoms with Crippen molar-refractivity contribution in [3.8, 4) is 5.75 Å². The van der Waals surface area contributed by atoms with Gasteiger partial charge in [-0.3, -0.25) is 4.79 Å². The van der Waals surface area contributed by atoms with Crippen molar-refractivity contribution < 1.29 is 9.53 Å². The highest BCUT2D eigenvalue weighted by atomic mass is 16.5. The van der Waals surface area contributed by atoms with E-state index in [1.165, 1.54) is 5.56 Å². The number of fused-ring (bicyclic) bond motifs is 1. The molecule has 2 N–H and O–H groups in total. The van der Waals surface area contributed by atoms with E-state index in [2.05, 4.69) is 30.5 Å². The Balaban J connectivity index is 1.64. The summed E-state index contributed by atoms with van der Waals surface area (Å²) in [7, 11) is 0. The Hall–Kier alpha value is -1.55. The number of benzene rings is 1. The monoisotopic (exact) mass is 276 g/mol. The smallest absolute Gasteiger partial charge is 0.221 e. The molecule has 0 aliphatic carbocycles. The lowest BCUT2D eigenvalue weighted by Crippen LogP contribution is -2.31. The van der Waals surface area contributed by atoms with Crippen molar-refractivity contribution in [3.63, 3.8) is 0 Å². The lowest BCUT2D eigenvalue weighted by atomic mass is 10.0. The first kappa shape index (κ1) is 14.9. The summed E-state index contributed by atoms with van der Waals surface area (Å²) in [5.41, 5.74) is 1.27. The summed E-state index contributed by atoms with van der Waals surface area (Å²) < 4.78 is 5.63. The second kappa shape index (κ2) is 7.29. The molecule has 0 fully saturated rings. The normalized spacial score (nSPS) is 16.9. The Morgan fingerprint density at radius 3 is 3.00 bits per heavy atom. The number of carbonyl (C=O) groups is 1. The number of rotatable bonds is 7. The zero-order valence-electron chi connectivity index (χ0n) is 12.3. The number of ether oxygens (including phenoxy) is 1. The second-order valence-electron chi connectivity index (χ2n) is 5.70. The van der Waals surface area contributed by atoms with Crippen molar-refractivity contribution in [1.29, 1.82) is 0 Å². The van der Waals surface area contributed by atoms with Crippen molar-refractivity contribution in [2.75, 3.05) is 26.2 Å². The molecule has 4 nitrogen and oxygen atoms in total. The molecule has 0 saturated heterocycles. The van der Waals surface area contributed by atoms with Crippen LogP contribution < -0.4 is 15.4 Å². The van der Waals surface area contributed by atoms with E-state index in [4.69, 9.17) is 4.74 Å². The topological polar surface area (TPSA) is 50.4 Å². The first-order valence-corrected chi connectivity index (χ1v) is 7.36. The number of amides is 1. The minimum atomic E-state index is 0.120. The van der Waals surface area contributed by atoms with Crippen molar-refractivity contribution in [2.45, 2.75) is 26.2 Å². The van der Waals surface area contributed by atoms with Gasteiger partial charge in [0.05, 0.1) is 6.61 Å². The van der Waals surface area contributed by atoms with E-state index in [0.29, 0.717) is 24.8 Å². The first-order chi connectivity index (χ1) is 9.66. The molecule has 0 spiro atoms. The first-order valence-electron chi connectivity index (χ1n) is 7.36. The fraction of sp³-hybridized carbons (Fsp3) is 0.562. The SMILES string of the molecule is CC(C)CNC(=O)CCNCC1COc2ccccc21. The molecular formula is C16H24N2O2. The van der Waals surface area contributed by atoms with Gasteiger partial charge in [0.25, 0.3) is 0 Å². The molecule has 1 aromatic carbocycles. The largest absolute Gasteiger partial charge is 0.493 e. The molecule has 1 heterocycles. The molecule has 0 bridgehead atoms. The minimum Gasteiger partial charge on any atom is -0.493 e. The molecule has 1 aromatic rings. The van der Waals surface area contributed by atoms with E-state index in [-0.39, 0.29) is 5.91 Å². The van der Waals surface area contributed by atoms with Crippen LogP contribution in [-0.2, 0) is 4.79 Å². The predicted octanol–water partition coefficient (Wildman–Crippen LogP) is 1.91. The molecular weight excluding hydrogens is 252 g/mol. The molecule has 2 rings (SSSR count). The van der Waals surface area contributed by atoms with E-state index in [1.807, 2.05) is 18.2 Å². The molecule has 4 heteroatoms. The fourth-order valence-corrected chi connectivity index (χ4v) is 2.28. The average molecular weight is 276 g/mol. The molecule has 1 atom stereocenters. The number of para-hydroxylation sites is 1. The molecule has 110 valence electrons. The summed E-state index contributed by atoms with van der Waals surface area (Å²) in [5, 5.41) is 6.27. The highest BCUT2D eigenvalue weighted by Gasteiger charge is 2.22. The van der Waals surface area contributed by atoms with Crippen LogP contribution in [0.3, 0.4) is 0 Å². The molecule has 0 aromatic heterocycles. The minimum absolute atomic E-state index is 0.120. The van der Waals surface area contributed by atoms with Gasteiger partial charge in [-0.1, -0.05) is 32.0 Å². The maximum absolute atomic E-state index is 11.6. The van der Waals surface area contributed by atoms with Gasteiger partial charge in [-0.05, 0) is 12.0 Å². The van der Waals surface area contributed by atoms with Gasteiger partial charge in [0.15, 0.2) is 0 Å². The number of hydrogen-bond acceptors (Lipinski definition) is 3. The van der Waals surface area contributed by atoms with Gasteiger partial charge in [0.1, 0.15) is 5.75 Å². The van der Waals surface area contributed by atoms with Crippen LogP contribution in [-0.4, -0.2) is 32.1 Å². The standard InChI is InChI=1S/C16H24N2O2/c1-12(2)9-18-16(19)7-8-17-10-13-11-20-15-6-4-3-5-14(13)15/h3-6,12-13,17H,7-11H2,1-2H3,(H,18,19). The third kappa shape index (κ3) is 4.23. The van der Waals surface area contributed by atoms with E-state index >= 15 is 0 Å². The number of nitrogens with one attached hydrogen (secondary N) is 2. The predicted molar refractivity (Wildman–Crippen MR) is 80.0 cm³/mol. The van der Waals surface area contributed by atoms with Crippen LogP contribution in [0.1, 0.15) is 31.7 Å². The van der Waals surface area contributed by atoms with E-state index < -0.39 is 0 Å². The molecule has 0 radical (unpaired) electrons. The average Bonchev–Trinajstić information content (AvgIpc) is 2.85. The van der Waals surface area contributed by atoms with Gasteiger partial charge in [-0.15, -0.1) is 0 Å². The van der Waals surface area contributed by atoms with E-state index in [0.717, 1.165) is 25.4 Å². The maximum atomic E-state index is 11.6. The van der Waals surface area contributed by atoms with Gasteiger partial charge in [-0.25, -0.2) is 0 Å². The summed E-state index contributed by atoms with van der Waals surface area (Å²) in [5.74, 6) is 2.01. The Bertz CT molecular complexity index is 446. The third-order valence-electron chi connectivity index (χ3n) is 3.43. The molecule has 1 aliphatic rings. The van der Waals surface area contributed by atoms with Crippen molar-refractivity contribution in [3.05, 3.63) is 29.8 Å². The number of hydrogen-bond donors (Lipinski definition) is 2. The highest BCUT2D eigenvalue weighted by molar-refractivity contribution is 5.76.